The second kappa shape index (κ2) is 12.6. The molecular formula is C31H31N7O2S. The van der Waals surface area contributed by atoms with Crippen molar-refractivity contribution in [3.63, 3.8) is 0 Å². The van der Waals surface area contributed by atoms with Gasteiger partial charge in [-0.1, -0.05) is 53.8 Å². The van der Waals surface area contributed by atoms with E-state index in [1.54, 1.807) is 13.2 Å². The molecule has 0 radical (unpaired) electrons. The molecule has 0 atom stereocenters. The minimum Gasteiger partial charge on any atom is -0.383 e. The van der Waals surface area contributed by atoms with Gasteiger partial charge in [0.15, 0.2) is 0 Å². The summed E-state index contributed by atoms with van der Waals surface area (Å²) in [6, 6.07) is 21.3. The van der Waals surface area contributed by atoms with Crippen molar-refractivity contribution in [2.75, 3.05) is 51.8 Å². The normalized spacial score (nSPS) is 14.4. The summed E-state index contributed by atoms with van der Waals surface area (Å²) in [6.07, 6.45) is 3.37. The van der Waals surface area contributed by atoms with Gasteiger partial charge >= 0.3 is 0 Å². The highest BCUT2D eigenvalue weighted by atomic mass is 32.1. The van der Waals surface area contributed by atoms with E-state index in [1.807, 2.05) is 60.8 Å². The van der Waals surface area contributed by atoms with Gasteiger partial charge in [-0.25, -0.2) is 19.9 Å². The summed E-state index contributed by atoms with van der Waals surface area (Å²) < 4.78 is 5.21. The maximum Gasteiger partial charge on any atom is 0.274 e. The van der Waals surface area contributed by atoms with E-state index in [0.717, 1.165) is 77.9 Å². The molecule has 3 aromatic heterocycles. The number of hydrogen-bond acceptors (Lipinski definition) is 9. The number of benzene rings is 2. The molecule has 1 amide bonds. The number of para-hydroxylation sites is 1. The Morgan fingerprint density at radius 1 is 0.951 bits per heavy atom. The molecule has 2 aromatic carbocycles. The lowest BCUT2D eigenvalue weighted by molar-refractivity contribution is 0.0938. The quantitative estimate of drug-likeness (QED) is 0.272. The van der Waals surface area contributed by atoms with Crippen molar-refractivity contribution in [3.8, 4) is 21.8 Å². The maximum atomic E-state index is 13.2. The van der Waals surface area contributed by atoms with Gasteiger partial charge in [0.1, 0.15) is 27.4 Å². The molecule has 9 nitrogen and oxygen atoms in total. The van der Waals surface area contributed by atoms with Crippen LogP contribution in [0.4, 0.5) is 5.69 Å². The smallest absolute Gasteiger partial charge is 0.274 e. The van der Waals surface area contributed by atoms with E-state index in [-0.39, 0.29) is 5.91 Å². The number of rotatable bonds is 9. The number of piperazine rings is 1. The number of pyridine rings is 1. The number of aromatic nitrogens is 4. The zero-order valence-electron chi connectivity index (χ0n) is 22.9. The second-order valence-electron chi connectivity index (χ2n) is 9.95. The van der Waals surface area contributed by atoms with Crippen molar-refractivity contribution < 1.29 is 9.53 Å². The van der Waals surface area contributed by atoms with Crippen molar-refractivity contribution in [1.29, 1.82) is 0 Å². The maximum absolute atomic E-state index is 13.2. The summed E-state index contributed by atoms with van der Waals surface area (Å²) in [5.41, 5.74) is 5.45. The number of nitrogens with one attached hydrogen (secondary N) is 1. The van der Waals surface area contributed by atoms with E-state index in [2.05, 4.69) is 31.2 Å². The molecule has 0 saturated carbocycles. The lowest BCUT2D eigenvalue weighted by Crippen LogP contribution is -2.46. The number of anilines is 1. The van der Waals surface area contributed by atoms with Gasteiger partial charge in [-0.2, -0.15) is 0 Å². The summed E-state index contributed by atoms with van der Waals surface area (Å²) in [5.74, 6) is -0.305. The zero-order valence-corrected chi connectivity index (χ0v) is 23.7. The van der Waals surface area contributed by atoms with Crippen LogP contribution >= 0.6 is 11.3 Å². The Hall–Kier alpha value is -4.09. The number of amides is 1. The van der Waals surface area contributed by atoms with E-state index in [4.69, 9.17) is 14.7 Å². The van der Waals surface area contributed by atoms with E-state index >= 15 is 0 Å². The third kappa shape index (κ3) is 6.47. The molecule has 1 aliphatic heterocycles. The van der Waals surface area contributed by atoms with E-state index in [9.17, 15) is 4.79 Å². The molecule has 41 heavy (non-hydrogen) atoms. The molecule has 1 aliphatic rings. The fourth-order valence-electron chi connectivity index (χ4n) is 4.93. The Kier molecular flexibility index (Phi) is 8.33. The first-order chi connectivity index (χ1) is 20.2. The van der Waals surface area contributed by atoms with E-state index in [1.165, 1.54) is 17.7 Å². The van der Waals surface area contributed by atoms with Gasteiger partial charge in [0.05, 0.1) is 18.0 Å². The highest BCUT2D eigenvalue weighted by Crippen LogP contribution is 2.34. The fraction of sp³-hybridized carbons (Fsp3) is 0.258. The Morgan fingerprint density at radius 3 is 2.56 bits per heavy atom. The summed E-state index contributed by atoms with van der Waals surface area (Å²) in [7, 11) is 1.75. The summed E-state index contributed by atoms with van der Waals surface area (Å²) in [6.45, 7) is 6.75. The topological polar surface area (TPSA) is 96.4 Å². The number of carbonyl (C=O) groups excluding carboxylic acids is 1. The molecule has 4 heterocycles. The Labute approximate surface area is 242 Å². The highest BCUT2D eigenvalue weighted by molar-refractivity contribution is 7.21. The number of nitrogens with zero attached hydrogens (tertiary/aromatic N) is 6. The minimum atomic E-state index is -0.305. The number of methoxy groups -OCH3 is 1. The van der Waals surface area contributed by atoms with Crippen LogP contribution in [0.5, 0.6) is 0 Å². The predicted octanol–water partition coefficient (Wildman–Crippen LogP) is 4.83. The first kappa shape index (κ1) is 27.1. The number of carbonyl (C=O) groups is 1. The monoisotopic (exact) mass is 565 g/mol. The van der Waals surface area contributed by atoms with Crippen LogP contribution in [0.2, 0.25) is 0 Å². The summed E-state index contributed by atoms with van der Waals surface area (Å²) >= 11 is 1.52. The van der Waals surface area contributed by atoms with Crippen molar-refractivity contribution in [2.45, 2.75) is 6.54 Å². The highest BCUT2D eigenvalue weighted by Gasteiger charge is 2.19. The fourth-order valence-corrected chi connectivity index (χ4v) is 5.86. The number of thiazole rings is 1. The molecular weight excluding hydrogens is 534 g/mol. The van der Waals surface area contributed by atoms with Gasteiger partial charge in [0.2, 0.25) is 0 Å². The summed E-state index contributed by atoms with van der Waals surface area (Å²) in [5, 5.41) is 3.83. The Morgan fingerprint density at radius 2 is 1.73 bits per heavy atom. The lowest BCUT2D eigenvalue weighted by Gasteiger charge is -2.34. The average Bonchev–Trinajstić information content (AvgIpc) is 3.45. The Balaban J connectivity index is 1.17. The van der Waals surface area contributed by atoms with Crippen LogP contribution in [-0.4, -0.2) is 82.1 Å². The molecule has 10 heteroatoms. The van der Waals surface area contributed by atoms with Gasteiger partial charge < -0.3 is 10.1 Å². The standard InChI is InChI=1S/C31H31N7O2S/c1-40-16-15-37-11-13-38(14-12-37)20-22-17-28-31(32-19-22)41-30(36-28)24-9-5-6-10-25(24)35-29(39)27-18-26(33-21-34-27)23-7-3-2-4-8-23/h2-10,17-19,21H,11-16,20H2,1H3,(H,35,39). The Bertz CT molecular complexity index is 1630. The minimum absolute atomic E-state index is 0.295. The molecule has 0 aliphatic carbocycles. The molecule has 1 N–H and O–H groups in total. The third-order valence-electron chi connectivity index (χ3n) is 7.16. The zero-order chi connectivity index (χ0) is 28.0. The second-order valence-corrected chi connectivity index (χ2v) is 10.9. The van der Waals surface area contributed by atoms with Crippen molar-refractivity contribution in [3.05, 3.63) is 90.5 Å². The van der Waals surface area contributed by atoms with E-state index in [0.29, 0.717) is 17.1 Å². The molecule has 0 unspecified atom stereocenters. The van der Waals surface area contributed by atoms with Crippen molar-refractivity contribution in [2.24, 2.45) is 0 Å². The SMILES string of the molecule is COCCN1CCN(Cc2cnc3sc(-c4ccccc4NC(=O)c4cc(-c5ccccc5)ncn4)nc3c2)CC1. The van der Waals surface area contributed by atoms with Gasteiger partial charge in [-0.3, -0.25) is 14.6 Å². The van der Waals surface area contributed by atoms with E-state index < -0.39 is 0 Å². The van der Waals surface area contributed by atoms with Gasteiger partial charge in [-0.05, 0) is 29.8 Å². The van der Waals surface area contributed by atoms with Crippen molar-refractivity contribution >= 4 is 33.3 Å². The summed E-state index contributed by atoms with van der Waals surface area (Å²) in [4.78, 5) is 37.2. The molecule has 6 rings (SSSR count). The average molecular weight is 566 g/mol. The molecule has 0 spiro atoms. The molecule has 5 aromatic rings. The van der Waals surface area contributed by atoms with Crippen LogP contribution in [0, 0.1) is 0 Å². The number of ether oxygens (including phenoxy) is 1. The predicted molar refractivity (Wildman–Crippen MR) is 162 cm³/mol. The molecule has 208 valence electrons. The van der Waals surface area contributed by atoms with Crippen LogP contribution in [0.1, 0.15) is 16.1 Å². The van der Waals surface area contributed by atoms with Crippen LogP contribution < -0.4 is 5.32 Å². The van der Waals surface area contributed by atoms with Crippen LogP contribution in [-0.2, 0) is 11.3 Å². The van der Waals surface area contributed by atoms with Crippen LogP contribution in [0.3, 0.4) is 0 Å². The van der Waals surface area contributed by atoms with Gasteiger partial charge in [0, 0.05) is 63.7 Å². The first-order valence-corrected chi connectivity index (χ1v) is 14.5. The number of hydrogen-bond donors (Lipinski definition) is 1. The number of fused-ring (bicyclic) bond motifs is 1. The first-order valence-electron chi connectivity index (χ1n) is 13.6. The van der Waals surface area contributed by atoms with Crippen molar-refractivity contribution in [1.82, 2.24) is 29.7 Å². The molecule has 1 saturated heterocycles. The van der Waals surface area contributed by atoms with Gasteiger partial charge in [0.25, 0.3) is 5.91 Å². The van der Waals surface area contributed by atoms with Crippen LogP contribution in [0.15, 0.2) is 79.3 Å². The van der Waals surface area contributed by atoms with Gasteiger partial charge in [-0.15, -0.1) is 0 Å². The third-order valence-corrected chi connectivity index (χ3v) is 8.17. The molecule has 1 fully saturated rings. The molecule has 0 bridgehead atoms. The van der Waals surface area contributed by atoms with Crippen LogP contribution in [0.25, 0.3) is 32.2 Å². The largest absolute Gasteiger partial charge is 0.383 e. The lowest BCUT2D eigenvalue weighted by atomic mass is 10.1.